The summed E-state index contributed by atoms with van der Waals surface area (Å²) in [7, 11) is 0. The average Bonchev–Trinajstić information content (AvgIpc) is 2.70. The van der Waals surface area contributed by atoms with Crippen molar-refractivity contribution in [3.05, 3.63) is 64.7 Å². The smallest absolute Gasteiger partial charge is 0.240 e. The van der Waals surface area contributed by atoms with Gasteiger partial charge in [-0.05, 0) is 55.3 Å². The Morgan fingerprint density at radius 1 is 1.07 bits per heavy atom. The zero-order valence-corrected chi connectivity index (χ0v) is 17.3. The van der Waals surface area contributed by atoms with Crippen LogP contribution in [-0.2, 0) is 16.0 Å². The average molecular weight is 433 g/mol. The monoisotopic (exact) mass is 432 g/mol. The second kappa shape index (κ2) is 9.89. The first-order valence-corrected chi connectivity index (χ1v) is 10.4. The number of hydrogen-bond donors (Lipinski definition) is 4. The number of benzene rings is 2. The summed E-state index contributed by atoms with van der Waals surface area (Å²) in [5.74, 6) is -0.226. The second-order valence-electron chi connectivity index (χ2n) is 6.55. The number of thioether (sulfide) groups is 1. The van der Waals surface area contributed by atoms with Gasteiger partial charge in [0.1, 0.15) is 11.5 Å². The summed E-state index contributed by atoms with van der Waals surface area (Å²) >= 11 is 7.13. The molecule has 2 unspecified atom stereocenters. The molecule has 9 heteroatoms. The largest absolute Gasteiger partial charge is 0.329 e. The first-order chi connectivity index (χ1) is 13.9. The van der Waals surface area contributed by atoms with E-state index in [1.54, 1.807) is 36.4 Å². The molecule has 7 nitrogen and oxygen atoms in total. The summed E-state index contributed by atoms with van der Waals surface area (Å²) in [5, 5.41) is 6.26. The van der Waals surface area contributed by atoms with Gasteiger partial charge >= 0.3 is 0 Å². The molecule has 2 aromatic rings. The third-order valence-electron chi connectivity index (χ3n) is 4.29. The zero-order valence-electron chi connectivity index (χ0n) is 15.7. The van der Waals surface area contributed by atoms with Crippen LogP contribution in [0.25, 0.3) is 0 Å². The van der Waals surface area contributed by atoms with Crippen LogP contribution in [0.3, 0.4) is 0 Å². The van der Waals surface area contributed by atoms with E-state index in [2.05, 4.69) is 21.5 Å². The van der Waals surface area contributed by atoms with Crippen LogP contribution in [0.5, 0.6) is 0 Å². The van der Waals surface area contributed by atoms with E-state index in [0.29, 0.717) is 22.7 Å². The van der Waals surface area contributed by atoms with Crippen molar-refractivity contribution in [1.82, 2.24) is 16.2 Å². The molecule has 0 aliphatic carbocycles. The Hall–Kier alpha value is -2.39. The van der Waals surface area contributed by atoms with E-state index in [1.165, 1.54) is 18.7 Å². The van der Waals surface area contributed by atoms with Gasteiger partial charge in [0.2, 0.25) is 11.8 Å². The lowest BCUT2D eigenvalue weighted by Gasteiger charge is -2.31. The molecule has 0 spiro atoms. The molecular formula is C20H21ClN4O3S. The van der Waals surface area contributed by atoms with Crippen molar-refractivity contribution in [3.63, 3.8) is 0 Å². The number of hydrogen-bond acceptors (Lipinski definition) is 6. The summed E-state index contributed by atoms with van der Waals surface area (Å²) in [6, 6.07) is 13.6. The molecule has 152 valence electrons. The number of halogens is 1. The van der Waals surface area contributed by atoms with Crippen molar-refractivity contribution in [2.24, 2.45) is 0 Å². The fourth-order valence-electron chi connectivity index (χ4n) is 2.74. The number of rotatable bonds is 7. The SMILES string of the molecule is CC(=O)c1ccc(NC(=O)CSC2NNC(Cc3ccc(Cl)cc3)C(=O)N2)cc1. The molecular weight excluding hydrogens is 412 g/mol. The van der Waals surface area contributed by atoms with Gasteiger partial charge in [0.05, 0.1) is 5.75 Å². The summed E-state index contributed by atoms with van der Waals surface area (Å²) in [6.07, 6.45) is 0.518. The molecule has 1 aliphatic rings. The second-order valence-corrected chi connectivity index (χ2v) is 8.08. The number of carbonyl (C=O) groups excluding carboxylic acids is 3. The third kappa shape index (κ3) is 6.30. The first kappa shape index (κ1) is 21.3. The number of anilines is 1. The predicted molar refractivity (Wildman–Crippen MR) is 115 cm³/mol. The van der Waals surface area contributed by atoms with Crippen LogP contribution in [-0.4, -0.2) is 34.9 Å². The van der Waals surface area contributed by atoms with Crippen LogP contribution < -0.4 is 21.5 Å². The minimum atomic E-state index is -0.421. The molecule has 2 amide bonds. The zero-order chi connectivity index (χ0) is 20.8. The van der Waals surface area contributed by atoms with E-state index < -0.39 is 11.5 Å². The van der Waals surface area contributed by atoms with Crippen molar-refractivity contribution in [3.8, 4) is 0 Å². The Morgan fingerprint density at radius 2 is 1.76 bits per heavy atom. The maximum absolute atomic E-state index is 12.3. The molecule has 29 heavy (non-hydrogen) atoms. The highest BCUT2D eigenvalue weighted by Crippen LogP contribution is 2.15. The van der Waals surface area contributed by atoms with Gasteiger partial charge in [0, 0.05) is 16.3 Å². The molecule has 3 rings (SSSR count). The lowest BCUT2D eigenvalue weighted by Crippen LogP contribution is -2.64. The Kier molecular flexibility index (Phi) is 7.27. The van der Waals surface area contributed by atoms with E-state index in [9.17, 15) is 14.4 Å². The maximum atomic E-state index is 12.3. The molecule has 1 fully saturated rings. The highest BCUT2D eigenvalue weighted by atomic mass is 35.5. The molecule has 0 saturated carbocycles. The molecule has 0 aromatic heterocycles. The first-order valence-electron chi connectivity index (χ1n) is 8.99. The van der Waals surface area contributed by atoms with Crippen molar-refractivity contribution < 1.29 is 14.4 Å². The summed E-state index contributed by atoms with van der Waals surface area (Å²) in [4.78, 5) is 35.7. The van der Waals surface area contributed by atoms with Crippen molar-refractivity contribution in [2.75, 3.05) is 11.1 Å². The molecule has 1 aliphatic heterocycles. The Morgan fingerprint density at radius 3 is 2.38 bits per heavy atom. The number of hydrazine groups is 1. The van der Waals surface area contributed by atoms with Crippen molar-refractivity contribution in [1.29, 1.82) is 0 Å². The normalized spacial score (nSPS) is 18.8. The summed E-state index contributed by atoms with van der Waals surface area (Å²) in [5.41, 5.74) is 7.77. The molecule has 1 saturated heterocycles. The molecule has 1 heterocycles. The predicted octanol–water partition coefficient (Wildman–Crippen LogP) is 2.33. The van der Waals surface area contributed by atoms with Gasteiger partial charge in [-0.15, -0.1) is 11.8 Å². The van der Waals surface area contributed by atoms with Gasteiger partial charge in [0.15, 0.2) is 5.78 Å². The Balaban J connectivity index is 1.42. The van der Waals surface area contributed by atoms with Crippen LogP contribution in [0.2, 0.25) is 5.02 Å². The minimum absolute atomic E-state index is 0.0283. The standard InChI is InChI=1S/C20H21ClN4O3S/c1-12(26)14-4-8-16(9-5-14)22-18(27)11-29-20-23-19(28)17(24-25-20)10-13-2-6-15(21)7-3-13/h2-9,17,20,24-25H,10-11H2,1H3,(H,22,27)(H,23,28). The maximum Gasteiger partial charge on any atom is 0.240 e. The molecule has 4 N–H and O–H groups in total. The quantitative estimate of drug-likeness (QED) is 0.501. The van der Waals surface area contributed by atoms with Gasteiger partial charge < -0.3 is 10.6 Å². The number of nitrogens with one attached hydrogen (secondary N) is 4. The molecule has 0 radical (unpaired) electrons. The number of carbonyl (C=O) groups is 3. The van der Waals surface area contributed by atoms with Gasteiger partial charge in [-0.25, -0.2) is 10.9 Å². The van der Waals surface area contributed by atoms with E-state index >= 15 is 0 Å². The number of Topliss-reactive ketones (excluding diaryl/α,β-unsaturated/α-hetero) is 1. The van der Waals surface area contributed by atoms with Crippen molar-refractivity contribution >= 4 is 46.6 Å². The van der Waals surface area contributed by atoms with Crippen LogP contribution >= 0.6 is 23.4 Å². The van der Waals surface area contributed by atoms with Crippen LogP contribution in [0.1, 0.15) is 22.8 Å². The van der Waals surface area contributed by atoms with Crippen LogP contribution in [0, 0.1) is 0 Å². The lowest BCUT2D eigenvalue weighted by atomic mass is 10.1. The minimum Gasteiger partial charge on any atom is -0.329 e. The van der Waals surface area contributed by atoms with Gasteiger partial charge in [-0.3, -0.25) is 14.4 Å². The van der Waals surface area contributed by atoms with Crippen LogP contribution in [0.15, 0.2) is 48.5 Å². The highest BCUT2D eigenvalue weighted by Gasteiger charge is 2.27. The molecule has 0 bridgehead atoms. The van der Waals surface area contributed by atoms with Crippen molar-refractivity contribution in [2.45, 2.75) is 24.9 Å². The lowest BCUT2D eigenvalue weighted by molar-refractivity contribution is -0.125. The fraction of sp³-hybridized carbons (Fsp3) is 0.250. The Bertz CT molecular complexity index is 890. The molecule has 2 aromatic carbocycles. The number of amides is 2. The van der Waals surface area contributed by atoms with Crippen LogP contribution in [0.4, 0.5) is 5.69 Å². The number of ketones is 1. The highest BCUT2D eigenvalue weighted by molar-refractivity contribution is 8.00. The van der Waals surface area contributed by atoms with E-state index in [4.69, 9.17) is 11.6 Å². The Labute approximate surface area is 177 Å². The van der Waals surface area contributed by atoms with E-state index in [0.717, 1.165) is 5.56 Å². The van der Waals surface area contributed by atoms with E-state index in [1.807, 2.05) is 12.1 Å². The molecule has 2 atom stereocenters. The van der Waals surface area contributed by atoms with Gasteiger partial charge in [-0.1, -0.05) is 23.7 Å². The summed E-state index contributed by atoms with van der Waals surface area (Å²) in [6.45, 7) is 1.49. The van der Waals surface area contributed by atoms with Gasteiger partial charge in [0.25, 0.3) is 0 Å². The van der Waals surface area contributed by atoms with E-state index in [-0.39, 0.29) is 23.4 Å². The van der Waals surface area contributed by atoms with Gasteiger partial charge in [-0.2, -0.15) is 0 Å². The fourth-order valence-corrected chi connectivity index (χ4v) is 3.60. The topological polar surface area (TPSA) is 99.3 Å². The third-order valence-corrected chi connectivity index (χ3v) is 5.54. The summed E-state index contributed by atoms with van der Waals surface area (Å²) < 4.78 is 0.